The lowest BCUT2D eigenvalue weighted by Crippen LogP contribution is -1.90. The standard InChI is InChI=1S/C24H25NO5/c1-16-19(10-6-17-8-12-21(26-2)23(14-17)28-4)25-30-20(16)11-7-18-9-13-22(27-3)24(15-18)29-5/h6-15H,1-5H3/b10-6+,11-7+. The second kappa shape index (κ2) is 9.69. The van der Waals surface area contributed by atoms with Gasteiger partial charge in [-0.15, -0.1) is 0 Å². The summed E-state index contributed by atoms with van der Waals surface area (Å²) in [5, 5.41) is 4.17. The van der Waals surface area contributed by atoms with Crippen molar-refractivity contribution >= 4 is 24.3 Å². The number of aromatic nitrogens is 1. The highest BCUT2D eigenvalue weighted by Gasteiger charge is 2.08. The van der Waals surface area contributed by atoms with Gasteiger partial charge in [-0.2, -0.15) is 0 Å². The Hall–Kier alpha value is -3.67. The highest BCUT2D eigenvalue weighted by atomic mass is 16.5. The molecule has 1 heterocycles. The molecule has 0 aliphatic carbocycles. The third-order valence-electron chi connectivity index (χ3n) is 4.67. The first-order valence-electron chi connectivity index (χ1n) is 9.36. The Balaban J connectivity index is 1.78. The lowest BCUT2D eigenvalue weighted by atomic mass is 10.1. The molecule has 0 N–H and O–H groups in total. The van der Waals surface area contributed by atoms with Crippen LogP contribution in [0.4, 0.5) is 0 Å². The van der Waals surface area contributed by atoms with Crippen molar-refractivity contribution in [2.45, 2.75) is 6.92 Å². The van der Waals surface area contributed by atoms with Crippen LogP contribution in [0.5, 0.6) is 23.0 Å². The summed E-state index contributed by atoms with van der Waals surface area (Å²) in [6, 6.07) is 11.4. The maximum atomic E-state index is 5.50. The van der Waals surface area contributed by atoms with Gasteiger partial charge in [0.2, 0.25) is 0 Å². The molecule has 0 atom stereocenters. The zero-order valence-corrected chi connectivity index (χ0v) is 17.8. The minimum Gasteiger partial charge on any atom is -0.493 e. The van der Waals surface area contributed by atoms with E-state index in [0.29, 0.717) is 28.8 Å². The van der Waals surface area contributed by atoms with E-state index in [1.165, 1.54) is 0 Å². The maximum absolute atomic E-state index is 5.50. The van der Waals surface area contributed by atoms with Crippen molar-refractivity contribution in [1.29, 1.82) is 0 Å². The Bertz CT molecular complexity index is 982. The molecular formula is C24H25NO5. The smallest absolute Gasteiger partial charge is 0.163 e. The second-order valence-electron chi connectivity index (χ2n) is 6.45. The molecule has 0 aliphatic rings. The maximum Gasteiger partial charge on any atom is 0.163 e. The van der Waals surface area contributed by atoms with Gasteiger partial charge < -0.3 is 23.5 Å². The summed E-state index contributed by atoms with van der Waals surface area (Å²) >= 11 is 0. The average Bonchev–Trinajstić information content (AvgIpc) is 3.14. The van der Waals surface area contributed by atoms with Crippen molar-refractivity contribution in [3.63, 3.8) is 0 Å². The van der Waals surface area contributed by atoms with Crippen molar-refractivity contribution in [1.82, 2.24) is 5.16 Å². The largest absolute Gasteiger partial charge is 0.493 e. The molecular weight excluding hydrogens is 382 g/mol. The molecule has 30 heavy (non-hydrogen) atoms. The van der Waals surface area contributed by atoms with Crippen LogP contribution < -0.4 is 18.9 Å². The van der Waals surface area contributed by atoms with Crippen LogP contribution in [0, 0.1) is 6.92 Å². The lowest BCUT2D eigenvalue weighted by molar-refractivity contribution is 0.355. The number of hydrogen-bond donors (Lipinski definition) is 0. The van der Waals surface area contributed by atoms with Gasteiger partial charge in [-0.3, -0.25) is 0 Å². The fourth-order valence-corrected chi connectivity index (χ4v) is 2.93. The molecule has 6 nitrogen and oxygen atoms in total. The summed E-state index contributed by atoms with van der Waals surface area (Å²) in [5.74, 6) is 3.42. The Labute approximate surface area is 176 Å². The number of benzene rings is 2. The van der Waals surface area contributed by atoms with Crippen LogP contribution in [0.3, 0.4) is 0 Å². The van der Waals surface area contributed by atoms with E-state index in [0.717, 1.165) is 22.4 Å². The Morgan fingerprint density at radius 1 is 0.667 bits per heavy atom. The van der Waals surface area contributed by atoms with Gasteiger partial charge >= 0.3 is 0 Å². The lowest BCUT2D eigenvalue weighted by Gasteiger charge is -2.07. The van der Waals surface area contributed by atoms with Gasteiger partial charge in [0.25, 0.3) is 0 Å². The molecule has 3 aromatic rings. The SMILES string of the molecule is COc1ccc(/C=C/c2noc(/C=C/c3ccc(OC)c(OC)c3)c2C)cc1OC. The minimum atomic E-state index is 0.674. The van der Waals surface area contributed by atoms with Crippen molar-refractivity contribution < 1.29 is 23.5 Å². The molecule has 0 unspecified atom stereocenters. The van der Waals surface area contributed by atoms with E-state index in [2.05, 4.69) is 5.16 Å². The fraction of sp³-hybridized carbons (Fsp3) is 0.208. The van der Waals surface area contributed by atoms with E-state index >= 15 is 0 Å². The monoisotopic (exact) mass is 407 g/mol. The molecule has 156 valence electrons. The predicted octanol–water partition coefficient (Wildman–Crippen LogP) is 5.36. The molecule has 0 saturated heterocycles. The van der Waals surface area contributed by atoms with Crippen molar-refractivity contribution in [3.05, 3.63) is 64.5 Å². The van der Waals surface area contributed by atoms with E-state index in [9.17, 15) is 0 Å². The van der Waals surface area contributed by atoms with E-state index in [4.69, 9.17) is 23.5 Å². The van der Waals surface area contributed by atoms with Crippen LogP contribution in [-0.4, -0.2) is 33.6 Å². The topological polar surface area (TPSA) is 63.0 Å². The molecule has 0 bridgehead atoms. The summed E-state index contributed by atoms with van der Waals surface area (Å²) in [6.07, 6.45) is 7.69. The molecule has 2 aromatic carbocycles. The molecule has 0 fully saturated rings. The van der Waals surface area contributed by atoms with Crippen molar-refractivity contribution in [2.75, 3.05) is 28.4 Å². The molecule has 0 saturated carbocycles. The summed E-state index contributed by atoms with van der Waals surface area (Å²) in [4.78, 5) is 0. The van der Waals surface area contributed by atoms with Crippen molar-refractivity contribution in [3.8, 4) is 23.0 Å². The van der Waals surface area contributed by atoms with Crippen LogP contribution in [0.1, 0.15) is 28.1 Å². The highest BCUT2D eigenvalue weighted by molar-refractivity contribution is 5.74. The highest BCUT2D eigenvalue weighted by Crippen LogP contribution is 2.30. The van der Waals surface area contributed by atoms with Crippen LogP contribution in [0.25, 0.3) is 24.3 Å². The van der Waals surface area contributed by atoms with Crippen LogP contribution in [0.15, 0.2) is 40.9 Å². The normalized spacial score (nSPS) is 11.2. The van der Waals surface area contributed by atoms with E-state index < -0.39 is 0 Å². The van der Waals surface area contributed by atoms with Gasteiger partial charge in [-0.05, 0) is 54.5 Å². The van der Waals surface area contributed by atoms with Crippen molar-refractivity contribution in [2.24, 2.45) is 0 Å². The van der Waals surface area contributed by atoms with Gasteiger partial charge in [0, 0.05) is 5.56 Å². The number of methoxy groups -OCH3 is 4. The Kier molecular flexibility index (Phi) is 6.80. The first-order valence-corrected chi connectivity index (χ1v) is 9.36. The number of ether oxygens (including phenoxy) is 4. The first kappa shape index (κ1) is 21.0. The Morgan fingerprint density at radius 3 is 1.67 bits per heavy atom. The average molecular weight is 407 g/mol. The minimum absolute atomic E-state index is 0.674. The number of nitrogens with zero attached hydrogens (tertiary/aromatic N) is 1. The van der Waals surface area contributed by atoms with Gasteiger partial charge in [-0.1, -0.05) is 29.4 Å². The number of rotatable bonds is 8. The zero-order chi connectivity index (χ0) is 21.5. The molecule has 0 amide bonds. The zero-order valence-electron chi connectivity index (χ0n) is 17.8. The summed E-state index contributed by atoms with van der Waals surface area (Å²) in [6.45, 7) is 1.97. The van der Waals surface area contributed by atoms with Crippen LogP contribution in [-0.2, 0) is 0 Å². The molecule has 6 heteroatoms. The first-order chi connectivity index (χ1) is 14.6. The quantitative estimate of drug-likeness (QED) is 0.501. The third-order valence-corrected chi connectivity index (χ3v) is 4.67. The molecule has 0 spiro atoms. The molecule has 3 rings (SSSR count). The van der Waals surface area contributed by atoms with E-state index in [1.807, 2.05) is 67.6 Å². The van der Waals surface area contributed by atoms with Gasteiger partial charge in [0.1, 0.15) is 5.69 Å². The van der Waals surface area contributed by atoms with Crippen LogP contribution >= 0.6 is 0 Å². The fourth-order valence-electron chi connectivity index (χ4n) is 2.93. The summed E-state index contributed by atoms with van der Waals surface area (Å²) in [7, 11) is 6.46. The van der Waals surface area contributed by atoms with Gasteiger partial charge in [-0.25, -0.2) is 0 Å². The van der Waals surface area contributed by atoms with Crippen LogP contribution in [0.2, 0.25) is 0 Å². The summed E-state index contributed by atoms with van der Waals surface area (Å²) in [5.41, 5.74) is 3.64. The van der Waals surface area contributed by atoms with E-state index in [-0.39, 0.29) is 0 Å². The molecule has 1 aromatic heterocycles. The predicted molar refractivity (Wildman–Crippen MR) is 118 cm³/mol. The number of hydrogen-bond acceptors (Lipinski definition) is 6. The Morgan fingerprint density at radius 2 is 1.17 bits per heavy atom. The molecule has 0 radical (unpaired) electrons. The third kappa shape index (κ3) is 4.66. The van der Waals surface area contributed by atoms with Gasteiger partial charge in [0.15, 0.2) is 28.8 Å². The second-order valence-corrected chi connectivity index (χ2v) is 6.45. The van der Waals surface area contributed by atoms with E-state index in [1.54, 1.807) is 28.4 Å². The van der Waals surface area contributed by atoms with Gasteiger partial charge in [0.05, 0.1) is 28.4 Å². The summed E-state index contributed by atoms with van der Waals surface area (Å²) < 4.78 is 26.7. The molecule has 0 aliphatic heterocycles.